The molecule has 2 saturated carbocycles. The smallest absolute Gasteiger partial charge is 0.139 e. The molecule has 3 rings (SSSR count). The minimum atomic E-state index is -0.183. The van der Waals surface area contributed by atoms with Crippen molar-refractivity contribution in [3.63, 3.8) is 0 Å². The van der Waals surface area contributed by atoms with Crippen LogP contribution in [0.1, 0.15) is 44.9 Å². The van der Waals surface area contributed by atoms with Crippen LogP contribution in [-0.2, 0) is 0 Å². The summed E-state index contributed by atoms with van der Waals surface area (Å²) in [5, 5.41) is 3.55. The van der Waals surface area contributed by atoms with Crippen LogP contribution in [0.25, 0.3) is 0 Å². The van der Waals surface area contributed by atoms with Crippen LogP contribution in [0.4, 0.5) is 10.1 Å². The molecule has 18 heavy (non-hydrogen) atoms. The Morgan fingerprint density at radius 2 is 1.94 bits per heavy atom. The molecule has 1 N–H and O–H groups in total. The number of nitrogens with one attached hydrogen (secondary N) is 1. The maximum atomic E-state index is 13.5. The van der Waals surface area contributed by atoms with Gasteiger partial charge >= 0.3 is 0 Å². The summed E-state index contributed by atoms with van der Waals surface area (Å²) in [6, 6.07) is 5.89. The number of hydrogen-bond donors (Lipinski definition) is 1. The van der Waals surface area contributed by atoms with E-state index in [0.717, 1.165) is 5.69 Å². The molecule has 1 spiro atoms. The highest BCUT2D eigenvalue weighted by Crippen LogP contribution is 2.52. The molecule has 98 valence electrons. The zero-order chi connectivity index (χ0) is 12.6. The van der Waals surface area contributed by atoms with E-state index in [4.69, 9.17) is 0 Å². The Kier molecular flexibility index (Phi) is 3.35. The van der Waals surface area contributed by atoms with E-state index < -0.39 is 0 Å². The van der Waals surface area contributed by atoms with Gasteiger partial charge in [-0.1, -0.05) is 19.3 Å². The number of anilines is 1. The third-order valence-corrected chi connectivity index (χ3v) is 5.42. The van der Waals surface area contributed by atoms with Gasteiger partial charge in [0.25, 0.3) is 0 Å². The summed E-state index contributed by atoms with van der Waals surface area (Å²) < 4.78 is 14.0. The van der Waals surface area contributed by atoms with Crippen LogP contribution in [0.3, 0.4) is 0 Å². The number of rotatable bonds is 2. The zero-order valence-corrected chi connectivity index (χ0v) is 12.1. The zero-order valence-electron chi connectivity index (χ0n) is 10.5. The largest absolute Gasteiger partial charge is 0.382 e. The molecule has 1 aromatic rings. The molecule has 2 aliphatic carbocycles. The first-order chi connectivity index (χ1) is 8.70. The quantitative estimate of drug-likeness (QED) is 0.800. The van der Waals surface area contributed by atoms with E-state index in [-0.39, 0.29) is 5.82 Å². The van der Waals surface area contributed by atoms with Crippen molar-refractivity contribution in [1.29, 1.82) is 0 Å². The van der Waals surface area contributed by atoms with Crippen molar-refractivity contribution in [3.8, 4) is 0 Å². The summed E-state index contributed by atoms with van der Waals surface area (Å²) in [5.41, 5.74) is 1.44. The first-order valence-electron chi connectivity index (χ1n) is 6.91. The molecule has 0 aliphatic heterocycles. The van der Waals surface area contributed by atoms with Crippen molar-refractivity contribution in [2.45, 2.75) is 51.0 Å². The van der Waals surface area contributed by atoms with Gasteiger partial charge in [-0.15, -0.1) is 0 Å². The lowest BCUT2D eigenvalue weighted by atomic mass is 9.57. The van der Waals surface area contributed by atoms with Crippen molar-refractivity contribution >= 4 is 21.6 Å². The Labute approximate surface area is 116 Å². The van der Waals surface area contributed by atoms with E-state index in [1.807, 2.05) is 6.07 Å². The van der Waals surface area contributed by atoms with Crippen molar-refractivity contribution in [3.05, 3.63) is 28.5 Å². The molecule has 1 atom stereocenters. The van der Waals surface area contributed by atoms with E-state index in [1.165, 1.54) is 44.9 Å². The van der Waals surface area contributed by atoms with Crippen LogP contribution < -0.4 is 5.32 Å². The Morgan fingerprint density at radius 3 is 2.56 bits per heavy atom. The summed E-state index contributed by atoms with van der Waals surface area (Å²) in [4.78, 5) is 0. The molecule has 2 aliphatic rings. The lowest BCUT2D eigenvalue weighted by Gasteiger charge is -2.52. The van der Waals surface area contributed by atoms with Crippen molar-refractivity contribution in [2.24, 2.45) is 5.41 Å². The normalized spacial score (nSPS) is 25.8. The fourth-order valence-electron chi connectivity index (χ4n) is 3.56. The molecule has 3 heteroatoms. The molecule has 0 saturated heterocycles. The lowest BCUT2D eigenvalue weighted by molar-refractivity contribution is 0.0571. The molecule has 2 fully saturated rings. The van der Waals surface area contributed by atoms with E-state index in [1.54, 1.807) is 12.1 Å². The molecule has 0 bridgehead atoms. The second-order valence-electron chi connectivity index (χ2n) is 5.79. The third-order valence-electron chi connectivity index (χ3n) is 4.78. The summed E-state index contributed by atoms with van der Waals surface area (Å²) in [5.74, 6) is -0.183. The SMILES string of the molecule is Fc1cc(NC2CCC23CCCCC3)ccc1Br. The lowest BCUT2D eigenvalue weighted by Crippen LogP contribution is -2.50. The second-order valence-corrected chi connectivity index (χ2v) is 6.64. The average Bonchev–Trinajstić information content (AvgIpc) is 2.40. The number of halogens is 2. The monoisotopic (exact) mass is 311 g/mol. The predicted molar refractivity (Wildman–Crippen MR) is 76.3 cm³/mol. The summed E-state index contributed by atoms with van der Waals surface area (Å²) in [7, 11) is 0. The molecule has 1 nitrogen and oxygen atoms in total. The topological polar surface area (TPSA) is 12.0 Å². The van der Waals surface area contributed by atoms with Gasteiger partial charge in [-0.2, -0.15) is 0 Å². The Morgan fingerprint density at radius 1 is 1.17 bits per heavy atom. The van der Waals surface area contributed by atoms with Crippen LogP contribution in [0.15, 0.2) is 22.7 Å². The minimum Gasteiger partial charge on any atom is -0.382 e. The van der Waals surface area contributed by atoms with Crippen LogP contribution in [0, 0.1) is 11.2 Å². The van der Waals surface area contributed by atoms with Gasteiger partial charge in [0, 0.05) is 11.7 Å². The first kappa shape index (κ1) is 12.5. The molecule has 0 amide bonds. The molecular weight excluding hydrogens is 293 g/mol. The maximum Gasteiger partial charge on any atom is 0.139 e. The molecule has 1 unspecified atom stereocenters. The Bertz CT molecular complexity index is 440. The number of hydrogen-bond acceptors (Lipinski definition) is 1. The van der Waals surface area contributed by atoms with Gasteiger partial charge < -0.3 is 5.32 Å². The fraction of sp³-hybridized carbons (Fsp3) is 0.600. The van der Waals surface area contributed by atoms with Gasteiger partial charge in [0.15, 0.2) is 0 Å². The molecular formula is C15H19BrFN. The number of benzene rings is 1. The van der Waals surface area contributed by atoms with E-state index in [0.29, 0.717) is 15.9 Å². The van der Waals surface area contributed by atoms with Gasteiger partial charge in [-0.25, -0.2) is 4.39 Å². The molecule has 1 aromatic carbocycles. The van der Waals surface area contributed by atoms with E-state index >= 15 is 0 Å². The van der Waals surface area contributed by atoms with Gasteiger partial charge in [-0.05, 0) is 65.2 Å². The second kappa shape index (κ2) is 4.84. The van der Waals surface area contributed by atoms with Gasteiger partial charge in [0.2, 0.25) is 0 Å². The van der Waals surface area contributed by atoms with Gasteiger partial charge in [0.05, 0.1) is 4.47 Å². The molecule has 0 aromatic heterocycles. The minimum absolute atomic E-state index is 0.183. The average molecular weight is 312 g/mol. The molecule has 0 heterocycles. The highest BCUT2D eigenvalue weighted by molar-refractivity contribution is 9.10. The highest BCUT2D eigenvalue weighted by atomic mass is 79.9. The first-order valence-corrected chi connectivity index (χ1v) is 7.71. The summed E-state index contributed by atoms with van der Waals surface area (Å²) in [6.45, 7) is 0. The standard InChI is InChI=1S/C15H19BrFN/c16-12-5-4-11(10-13(12)17)18-14-6-9-15(14)7-2-1-3-8-15/h4-5,10,14,18H,1-3,6-9H2. The van der Waals surface area contributed by atoms with Crippen LogP contribution in [0.5, 0.6) is 0 Å². The van der Waals surface area contributed by atoms with Crippen LogP contribution >= 0.6 is 15.9 Å². The van der Waals surface area contributed by atoms with Gasteiger partial charge in [-0.3, -0.25) is 0 Å². The maximum absolute atomic E-state index is 13.5. The summed E-state index contributed by atoms with van der Waals surface area (Å²) in [6.07, 6.45) is 9.41. The van der Waals surface area contributed by atoms with Crippen LogP contribution in [0.2, 0.25) is 0 Å². The highest BCUT2D eigenvalue weighted by Gasteiger charge is 2.46. The van der Waals surface area contributed by atoms with Crippen molar-refractivity contribution in [2.75, 3.05) is 5.32 Å². The van der Waals surface area contributed by atoms with E-state index in [2.05, 4.69) is 21.2 Å². The van der Waals surface area contributed by atoms with Crippen molar-refractivity contribution < 1.29 is 4.39 Å². The third kappa shape index (κ3) is 2.18. The van der Waals surface area contributed by atoms with Gasteiger partial charge in [0.1, 0.15) is 5.82 Å². The Hall–Kier alpha value is -0.570. The summed E-state index contributed by atoms with van der Waals surface area (Å²) >= 11 is 3.19. The molecule has 0 radical (unpaired) electrons. The van der Waals surface area contributed by atoms with E-state index in [9.17, 15) is 4.39 Å². The van der Waals surface area contributed by atoms with Crippen molar-refractivity contribution in [1.82, 2.24) is 0 Å². The fourth-order valence-corrected chi connectivity index (χ4v) is 3.81. The Balaban J connectivity index is 1.70. The predicted octanol–water partition coefficient (Wildman–Crippen LogP) is 5.11. The van der Waals surface area contributed by atoms with Crippen LogP contribution in [-0.4, -0.2) is 6.04 Å².